The average Bonchev–Trinajstić information content (AvgIpc) is 2.77. The van der Waals surface area contributed by atoms with Crippen molar-refractivity contribution in [3.8, 4) is 23.6 Å². The third-order valence-electron chi connectivity index (χ3n) is 5.14. The van der Waals surface area contributed by atoms with Gasteiger partial charge in [0, 0.05) is 19.1 Å². The smallest absolute Gasteiger partial charge is 0.163 e. The molecule has 1 atom stereocenters. The fraction of sp³-hybridized carbons (Fsp3) is 0.417. The number of para-hydroxylation sites is 1. The molecule has 7 heteroatoms. The molecule has 0 aliphatic carbocycles. The van der Waals surface area contributed by atoms with Crippen molar-refractivity contribution < 1.29 is 14.2 Å². The summed E-state index contributed by atoms with van der Waals surface area (Å²) in [5, 5.41) is 19.9. The van der Waals surface area contributed by atoms with Crippen LogP contribution in [0.2, 0.25) is 0 Å². The Morgan fingerprint density at radius 2 is 1.71 bits per heavy atom. The molecule has 1 aliphatic rings. The second-order valence-electron chi connectivity index (χ2n) is 7.83. The highest BCUT2D eigenvalue weighted by molar-refractivity contribution is 7.99. The maximum Gasteiger partial charge on any atom is 0.163 e. The van der Waals surface area contributed by atoms with Crippen molar-refractivity contribution in [2.75, 3.05) is 32.3 Å². The van der Waals surface area contributed by atoms with E-state index < -0.39 is 0 Å². The van der Waals surface area contributed by atoms with Crippen LogP contribution in [0.1, 0.15) is 38.3 Å². The van der Waals surface area contributed by atoms with Crippen molar-refractivity contribution in [3.05, 3.63) is 35.4 Å². The van der Waals surface area contributed by atoms with E-state index in [1.165, 1.54) is 11.8 Å². The van der Waals surface area contributed by atoms with Crippen LogP contribution >= 0.6 is 11.8 Å². The SMILES string of the molecule is COC(C)COc1c(C#N)c(C#N)c(OCCC(C)C)c2c1N(C)c1ccccc1S2. The van der Waals surface area contributed by atoms with E-state index in [-0.39, 0.29) is 23.8 Å². The lowest BCUT2D eigenvalue weighted by Crippen LogP contribution is -2.21. The predicted octanol–water partition coefficient (Wildman–Crippen LogP) is 5.50. The molecule has 1 aliphatic heterocycles. The number of methoxy groups -OCH3 is 1. The number of ether oxygens (including phenoxy) is 3. The van der Waals surface area contributed by atoms with E-state index in [9.17, 15) is 10.5 Å². The van der Waals surface area contributed by atoms with Crippen LogP contribution in [0.4, 0.5) is 11.4 Å². The summed E-state index contributed by atoms with van der Waals surface area (Å²) in [4.78, 5) is 3.85. The Balaban J connectivity index is 2.21. The van der Waals surface area contributed by atoms with Gasteiger partial charge in [-0.2, -0.15) is 10.5 Å². The lowest BCUT2D eigenvalue weighted by atomic mass is 10.0. The molecule has 0 saturated carbocycles. The number of rotatable bonds is 8. The van der Waals surface area contributed by atoms with Crippen LogP contribution in [0.5, 0.6) is 11.5 Å². The van der Waals surface area contributed by atoms with E-state index in [0.717, 1.165) is 27.6 Å². The van der Waals surface area contributed by atoms with Gasteiger partial charge in [0.15, 0.2) is 11.5 Å². The maximum absolute atomic E-state index is 9.98. The topological polar surface area (TPSA) is 78.5 Å². The first-order chi connectivity index (χ1) is 14.9. The standard InChI is InChI=1S/C24H27N3O3S/c1-15(2)10-11-29-23-18(13-26)17(12-25)22(30-14-16(3)28-5)21-24(23)31-20-9-7-6-8-19(20)27(21)4/h6-9,15-16H,10-11,14H2,1-5H3. The Bertz CT molecular complexity index is 1040. The molecule has 6 nitrogen and oxygen atoms in total. The maximum atomic E-state index is 9.98. The van der Waals surface area contributed by atoms with Crippen LogP contribution in [-0.2, 0) is 4.74 Å². The van der Waals surface area contributed by atoms with Crippen molar-refractivity contribution in [2.45, 2.75) is 43.1 Å². The van der Waals surface area contributed by atoms with Gasteiger partial charge in [0.1, 0.15) is 35.6 Å². The van der Waals surface area contributed by atoms with E-state index in [2.05, 4.69) is 26.0 Å². The van der Waals surface area contributed by atoms with Gasteiger partial charge < -0.3 is 19.1 Å². The van der Waals surface area contributed by atoms with Gasteiger partial charge in [0.25, 0.3) is 0 Å². The first kappa shape index (κ1) is 22.8. The van der Waals surface area contributed by atoms with E-state index in [0.29, 0.717) is 24.0 Å². The number of hydrogen-bond donors (Lipinski definition) is 0. The van der Waals surface area contributed by atoms with E-state index in [4.69, 9.17) is 14.2 Å². The summed E-state index contributed by atoms with van der Waals surface area (Å²) in [6, 6.07) is 12.4. The minimum absolute atomic E-state index is 0.163. The zero-order valence-electron chi connectivity index (χ0n) is 18.6. The average molecular weight is 438 g/mol. The van der Waals surface area contributed by atoms with Crippen LogP contribution in [0.15, 0.2) is 34.1 Å². The van der Waals surface area contributed by atoms with Gasteiger partial charge in [-0.1, -0.05) is 37.7 Å². The largest absolute Gasteiger partial charge is 0.491 e. The third-order valence-corrected chi connectivity index (χ3v) is 6.29. The number of benzene rings is 2. The second-order valence-corrected chi connectivity index (χ2v) is 8.88. The molecule has 0 aromatic heterocycles. The quantitative estimate of drug-likeness (QED) is 0.539. The molecule has 0 N–H and O–H groups in total. The van der Waals surface area contributed by atoms with Crippen molar-refractivity contribution in [1.29, 1.82) is 10.5 Å². The molecule has 0 spiro atoms. The Kier molecular flexibility index (Phi) is 7.33. The van der Waals surface area contributed by atoms with Gasteiger partial charge in [-0.05, 0) is 31.4 Å². The van der Waals surface area contributed by atoms with Crippen LogP contribution < -0.4 is 14.4 Å². The molecule has 1 heterocycles. The highest BCUT2D eigenvalue weighted by atomic mass is 32.2. The molecule has 3 rings (SSSR count). The summed E-state index contributed by atoms with van der Waals surface area (Å²) < 4.78 is 17.6. The number of nitrogens with zero attached hydrogens (tertiary/aromatic N) is 3. The zero-order valence-corrected chi connectivity index (χ0v) is 19.4. The predicted molar refractivity (Wildman–Crippen MR) is 121 cm³/mol. The summed E-state index contributed by atoms with van der Waals surface area (Å²) in [6.45, 7) is 6.86. The van der Waals surface area contributed by atoms with Crippen LogP contribution in [0, 0.1) is 28.6 Å². The van der Waals surface area contributed by atoms with Gasteiger partial charge >= 0.3 is 0 Å². The van der Waals surface area contributed by atoms with Crippen LogP contribution in [-0.4, -0.2) is 33.5 Å². The normalized spacial score (nSPS) is 13.1. The van der Waals surface area contributed by atoms with Crippen molar-refractivity contribution in [3.63, 3.8) is 0 Å². The Hall–Kier alpha value is -2.87. The minimum Gasteiger partial charge on any atom is -0.491 e. The first-order valence-electron chi connectivity index (χ1n) is 10.3. The van der Waals surface area contributed by atoms with Gasteiger partial charge in [-0.3, -0.25) is 0 Å². The Morgan fingerprint density at radius 3 is 2.35 bits per heavy atom. The summed E-state index contributed by atoms with van der Waals surface area (Å²) in [5.74, 6) is 1.30. The second kappa shape index (κ2) is 9.96. The molecule has 2 aromatic carbocycles. The molecule has 31 heavy (non-hydrogen) atoms. The highest BCUT2D eigenvalue weighted by Crippen LogP contribution is 2.57. The van der Waals surface area contributed by atoms with Crippen molar-refractivity contribution >= 4 is 23.1 Å². The van der Waals surface area contributed by atoms with Crippen molar-refractivity contribution in [1.82, 2.24) is 0 Å². The monoisotopic (exact) mass is 437 g/mol. The van der Waals surface area contributed by atoms with Gasteiger partial charge in [-0.25, -0.2) is 0 Å². The highest BCUT2D eigenvalue weighted by Gasteiger charge is 2.33. The van der Waals surface area contributed by atoms with E-state index in [1.807, 2.05) is 43.1 Å². The molecule has 0 fully saturated rings. The van der Waals surface area contributed by atoms with E-state index in [1.54, 1.807) is 7.11 Å². The van der Waals surface area contributed by atoms with Crippen molar-refractivity contribution in [2.24, 2.45) is 5.92 Å². The van der Waals surface area contributed by atoms with Gasteiger partial charge in [-0.15, -0.1) is 0 Å². The lowest BCUT2D eigenvalue weighted by Gasteiger charge is -2.33. The van der Waals surface area contributed by atoms with E-state index >= 15 is 0 Å². The number of fused-ring (bicyclic) bond motifs is 2. The summed E-state index contributed by atoms with van der Waals surface area (Å²) in [5.41, 5.74) is 2.15. The molecule has 0 saturated heterocycles. The fourth-order valence-corrected chi connectivity index (χ4v) is 4.53. The third kappa shape index (κ3) is 4.58. The molecule has 2 aromatic rings. The minimum atomic E-state index is -0.163. The van der Waals surface area contributed by atoms with Crippen LogP contribution in [0.25, 0.3) is 0 Å². The summed E-state index contributed by atoms with van der Waals surface area (Å²) in [7, 11) is 3.55. The fourth-order valence-electron chi connectivity index (χ4n) is 3.28. The molecule has 0 bridgehead atoms. The molecule has 0 amide bonds. The lowest BCUT2D eigenvalue weighted by molar-refractivity contribution is 0.0716. The number of anilines is 2. The molecule has 1 unspecified atom stereocenters. The molecular weight excluding hydrogens is 410 g/mol. The van der Waals surface area contributed by atoms with Crippen LogP contribution in [0.3, 0.4) is 0 Å². The summed E-state index contributed by atoms with van der Waals surface area (Å²) in [6.07, 6.45) is 0.686. The summed E-state index contributed by atoms with van der Waals surface area (Å²) >= 11 is 1.54. The number of nitriles is 2. The van der Waals surface area contributed by atoms with Gasteiger partial charge in [0.2, 0.25) is 0 Å². The Labute approximate surface area is 188 Å². The molecular formula is C24H27N3O3S. The molecule has 162 valence electrons. The number of hydrogen-bond acceptors (Lipinski definition) is 7. The zero-order chi connectivity index (χ0) is 22.5. The first-order valence-corrected chi connectivity index (χ1v) is 11.1. The molecule has 0 radical (unpaired) electrons. The Morgan fingerprint density at radius 1 is 1.03 bits per heavy atom. The van der Waals surface area contributed by atoms with Gasteiger partial charge in [0.05, 0.1) is 23.3 Å².